The second-order valence-electron chi connectivity index (χ2n) is 3.33. The first kappa shape index (κ1) is 9.47. The molecule has 0 saturated carbocycles. The number of nitrogens with zero attached hydrogens (tertiary/aromatic N) is 1. The topological polar surface area (TPSA) is 86.9 Å². The fourth-order valence-electron chi connectivity index (χ4n) is 1.49. The lowest BCUT2D eigenvalue weighted by Gasteiger charge is -2.12. The second kappa shape index (κ2) is 3.25. The third-order valence-corrected chi connectivity index (χ3v) is 2.65. The quantitative estimate of drug-likeness (QED) is 0.617. The fraction of sp³-hybridized carbons (Fsp3) is 0.571. The van der Waals surface area contributed by atoms with Gasteiger partial charge in [0.25, 0.3) is 0 Å². The van der Waals surface area contributed by atoms with Crippen molar-refractivity contribution in [3.63, 3.8) is 0 Å². The van der Waals surface area contributed by atoms with Gasteiger partial charge in [0.1, 0.15) is 0 Å². The molecular weight excluding hydrogens is 204 g/mol. The van der Waals surface area contributed by atoms with Crippen LogP contribution in [0.15, 0.2) is 0 Å². The minimum atomic E-state index is -3.24. The summed E-state index contributed by atoms with van der Waals surface area (Å²) < 4.78 is 24.4. The van der Waals surface area contributed by atoms with E-state index in [4.69, 9.17) is 0 Å². The number of aromatic amines is 1. The maximum absolute atomic E-state index is 11.0. The largest absolute Gasteiger partial charge is 0.312 e. The van der Waals surface area contributed by atoms with Crippen LogP contribution >= 0.6 is 0 Å². The van der Waals surface area contributed by atoms with Crippen molar-refractivity contribution in [2.24, 2.45) is 0 Å². The second-order valence-corrected chi connectivity index (χ2v) is 5.08. The lowest BCUT2D eigenvalue weighted by atomic mass is 10.1. The smallest absolute Gasteiger partial charge is 0.231 e. The zero-order valence-electron chi connectivity index (χ0n) is 7.79. The summed E-state index contributed by atoms with van der Waals surface area (Å²) in [5, 5.41) is 9.92. The van der Waals surface area contributed by atoms with Gasteiger partial charge in [0.05, 0.1) is 6.26 Å². The maximum Gasteiger partial charge on any atom is 0.231 e. The number of H-pyrrole nitrogens is 1. The van der Waals surface area contributed by atoms with E-state index >= 15 is 0 Å². The molecule has 1 aromatic heterocycles. The van der Waals surface area contributed by atoms with Crippen LogP contribution in [0.4, 0.5) is 5.82 Å². The third-order valence-electron chi connectivity index (χ3n) is 2.09. The van der Waals surface area contributed by atoms with Crippen molar-refractivity contribution in [2.45, 2.75) is 13.0 Å². The fourth-order valence-corrected chi connectivity index (χ4v) is 2.01. The number of aromatic nitrogens is 2. The first-order valence-corrected chi connectivity index (χ1v) is 6.20. The first-order chi connectivity index (χ1) is 6.56. The lowest BCUT2D eigenvalue weighted by molar-refractivity contribution is 0.606. The molecule has 1 aromatic rings. The van der Waals surface area contributed by atoms with Crippen LogP contribution in [0.5, 0.6) is 0 Å². The summed E-state index contributed by atoms with van der Waals surface area (Å²) in [7, 11) is -3.24. The van der Waals surface area contributed by atoms with Gasteiger partial charge in [-0.3, -0.25) is 9.82 Å². The highest BCUT2D eigenvalue weighted by Gasteiger charge is 2.18. The molecule has 3 N–H and O–H groups in total. The summed E-state index contributed by atoms with van der Waals surface area (Å²) in [4.78, 5) is 0. The Morgan fingerprint density at radius 3 is 3.00 bits per heavy atom. The first-order valence-electron chi connectivity index (χ1n) is 4.31. The van der Waals surface area contributed by atoms with E-state index in [2.05, 4.69) is 20.2 Å². The lowest BCUT2D eigenvalue weighted by Crippen LogP contribution is -2.24. The van der Waals surface area contributed by atoms with Gasteiger partial charge in [-0.2, -0.15) is 5.10 Å². The maximum atomic E-state index is 11.0. The van der Waals surface area contributed by atoms with Gasteiger partial charge in [-0.25, -0.2) is 8.42 Å². The van der Waals surface area contributed by atoms with E-state index in [1.165, 1.54) is 0 Å². The normalized spacial score (nSPS) is 16.4. The molecule has 1 aliphatic rings. The molecule has 0 aliphatic carbocycles. The molecule has 6 nitrogen and oxygen atoms in total. The average molecular weight is 216 g/mol. The van der Waals surface area contributed by atoms with E-state index in [1.807, 2.05) is 0 Å². The monoisotopic (exact) mass is 216 g/mol. The molecule has 0 fully saturated rings. The number of anilines is 1. The Morgan fingerprint density at radius 1 is 1.50 bits per heavy atom. The Morgan fingerprint density at radius 2 is 2.29 bits per heavy atom. The highest BCUT2D eigenvalue weighted by molar-refractivity contribution is 7.92. The minimum absolute atomic E-state index is 0.412. The van der Waals surface area contributed by atoms with E-state index in [0.717, 1.165) is 30.5 Å². The highest BCUT2D eigenvalue weighted by Crippen LogP contribution is 2.19. The minimum Gasteiger partial charge on any atom is -0.312 e. The molecule has 2 heterocycles. The van der Waals surface area contributed by atoms with Gasteiger partial charge in [0.15, 0.2) is 5.82 Å². The summed E-state index contributed by atoms with van der Waals surface area (Å²) in [5.74, 6) is 0.412. The van der Waals surface area contributed by atoms with Crippen molar-refractivity contribution in [3.8, 4) is 0 Å². The molecular formula is C7H12N4O2S. The van der Waals surface area contributed by atoms with Crippen LogP contribution in [0.25, 0.3) is 0 Å². The van der Waals surface area contributed by atoms with E-state index < -0.39 is 10.0 Å². The van der Waals surface area contributed by atoms with Crippen molar-refractivity contribution in [3.05, 3.63) is 11.3 Å². The molecule has 0 amide bonds. The molecule has 0 spiro atoms. The van der Waals surface area contributed by atoms with Crippen LogP contribution in [-0.4, -0.2) is 31.4 Å². The number of nitrogens with one attached hydrogen (secondary N) is 3. The summed E-state index contributed by atoms with van der Waals surface area (Å²) >= 11 is 0. The molecule has 0 saturated heterocycles. The van der Waals surface area contributed by atoms with E-state index in [0.29, 0.717) is 12.4 Å². The highest BCUT2D eigenvalue weighted by atomic mass is 32.2. The van der Waals surface area contributed by atoms with Gasteiger partial charge >= 0.3 is 0 Å². The van der Waals surface area contributed by atoms with Crippen LogP contribution in [0, 0.1) is 0 Å². The number of hydrogen-bond donors (Lipinski definition) is 3. The van der Waals surface area contributed by atoms with Crippen molar-refractivity contribution < 1.29 is 8.42 Å². The molecule has 78 valence electrons. The van der Waals surface area contributed by atoms with E-state index in [-0.39, 0.29) is 0 Å². The molecule has 7 heteroatoms. The Kier molecular flexibility index (Phi) is 2.20. The summed E-state index contributed by atoms with van der Waals surface area (Å²) in [6, 6.07) is 0. The zero-order chi connectivity index (χ0) is 10.2. The van der Waals surface area contributed by atoms with Gasteiger partial charge in [0, 0.05) is 30.8 Å². The Balaban J connectivity index is 2.31. The van der Waals surface area contributed by atoms with Crippen molar-refractivity contribution in [2.75, 3.05) is 17.5 Å². The molecule has 0 radical (unpaired) electrons. The van der Waals surface area contributed by atoms with Gasteiger partial charge in [-0.05, 0) is 0 Å². The standard InChI is InChI=1S/C7H12N4O2S/c1-14(12,13)11-7-5-4-8-3-2-6(5)9-10-7/h8H,2-4H2,1H3,(H2,9,10,11). The number of fused-ring (bicyclic) bond motifs is 1. The number of rotatable bonds is 2. The van der Waals surface area contributed by atoms with Gasteiger partial charge in [0.2, 0.25) is 10.0 Å². The van der Waals surface area contributed by atoms with Crippen LogP contribution in [-0.2, 0) is 23.0 Å². The molecule has 0 unspecified atom stereocenters. The average Bonchev–Trinajstić information content (AvgIpc) is 2.47. The van der Waals surface area contributed by atoms with Crippen molar-refractivity contribution in [1.29, 1.82) is 0 Å². The van der Waals surface area contributed by atoms with Gasteiger partial charge in [-0.15, -0.1) is 0 Å². The van der Waals surface area contributed by atoms with Gasteiger partial charge in [-0.1, -0.05) is 0 Å². The molecule has 0 bridgehead atoms. The predicted molar refractivity (Wildman–Crippen MR) is 52.5 cm³/mol. The number of sulfonamides is 1. The molecule has 2 rings (SSSR count). The SMILES string of the molecule is CS(=O)(=O)Nc1n[nH]c2c1CNCC2. The van der Waals surface area contributed by atoms with Crippen molar-refractivity contribution in [1.82, 2.24) is 15.5 Å². The number of hydrogen-bond acceptors (Lipinski definition) is 4. The molecule has 0 aromatic carbocycles. The summed E-state index contributed by atoms with van der Waals surface area (Å²) in [6.45, 7) is 1.55. The van der Waals surface area contributed by atoms with Crippen LogP contribution in [0.3, 0.4) is 0 Å². The van der Waals surface area contributed by atoms with Crippen molar-refractivity contribution >= 4 is 15.8 Å². The van der Waals surface area contributed by atoms with E-state index in [1.54, 1.807) is 0 Å². The Labute approximate surface area is 82.1 Å². The zero-order valence-corrected chi connectivity index (χ0v) is 8.61. The summed E-state index contributed by atoms with van der Waals surface area (Å²) in [5.41, 5.74) is 1.93. The molecule has 0 atom stereocenters. The predicted octanol–water partition coefficient (Wildman–Crippen LogP) is -0.573. The Hall–Kier alpha value is -1.08. The molecule has 14 heavy (non-hydrogen) atoms. The van der Waals surface area contributed by atoms with Crippen LogP contribution in [0.1, 0.15) is 11.3 Å². The third kappa shape index (κ3) is 1.88. The molecule has 1 aliphatic heterocycles. The van der Waals surface area contributed by atoms with Gasteiger partial charge < -0.3 is 5.32 Å². The van der Waals surface area contributed by atoms with Crippen LogP contribution < -0.4 is 10.0 Å². The van der Waals surface area contributed by atoms with Crippen LogP contribution in [0.2, 0.25) is 0 Å². The summed E-state index contributed by atoms with van der Waals surface area (Å²) in [6.07, 6.45) is 1.97. The Bertz CT molecular complexity index is 437. The van der Waals surface area contributed by atoms with E-state index in [9.17, 15) is 8.42 Å².